The van der Waals surface area contributed by atoms with Crippen molar-refractivity contribution in [2.75, 3.05) is 13.1 Å². The van der Waals surface area contributed by atoms with Crippen LogP contribution in [-0.4, -0.2) is 19.1 Å². The van der Waals surface area contributed by atoms with Crippen LogP contribution in [0.3, 0.4) is 0 Å². The molecule has 1 heterocycles. The summed E-state index contributed by atoms with van der Waals surface area (Å²) in [7, 11) is 0. The number of primary amides is 1. The Morgan fingerprint density at radius 3 is 2.14 bits per heavy atom. The van der Waals surface area contributed by atoms with E-state index in [0.29, 0.717) is 13.1 Å². The summed E-state index contributed by atoms with van der Waals surface area (Å²) in [6.45, 7) is 1.10. The molecule has 4 N–H and O–H groups in total. The first-order valence-corrected chi connectivity index (χ1v) is 6.88. The minimum absolute atomic E-state index is 0.0424. The summed E-state index contributed by atoms with van der Waals surface area (Å²) in [6.07, 6.45) is 0. The molecule has 0 aromatic heterocycles. The van der Waals surface area contributed by atoms with Gasteiger partial charge < -0.3 is 21.1 Å². The molecule has 1 aliphatic rings. The Labute approximate surface area is 123 Å². The van der Waals surface area contributed by atoms with E-state index >= 15 is 0 Å². The Balaban J connectivity index is 1.83. The molecule has 3 rings (SSSR count). The molecule has 0 atom stereocenters. The van der Waals surface area contributed by atoms with Gasteiger partial charge in [-0.25, -0.2) is 4.79 Å². The monoisotopic (exact) mass is 283 g/mol. The summed E-state index contributed by atoms with van der Waals surface area (Å²) in [5.74, 6) is 1.72. The fourth-order valence-electron chi connectivity index (χ4n) is 2.53. The van der Waals surface area contributed by atoms with Crippen molar-refractivity contribution in [2.45, 2.75) is 6.04 Å². The number of amides is 2. The molecular weight excluding hydrogens is 266 g/mol. The van der Waals surface area contributed by atoms with Gasteiger partial charge in [-0.3, -0.25) is 0 Å². The van der Waals surface area contributed by atoms with Gasteiger partial charge in [0.25, 0.3) is 0 Å². The zero-order chi connectivity index (χ0) is 14.7. The van der Waals surface area contributed by atoms with Gasteiger partial charge in [-0.05, 0) is 12.1 Å². The van der Waals surface area contributed by atoms with Crippen LogP contribution in [0.15, 0.2) is 48.5 Å². The molecule has 0 saturated heterocycles. The van der Waals surface area contributed by atoms with Crippen molar-refractivity contribution < 1.29 is 9.53 Å². The quantitative estimate of drug-likeness (QED) is 0.752. The molecule has 2 aromatic carbocycles. The fraction of sp³-hybridized carbons (Fsp3) is 0.188. The van der Waals surface area contributed by atoms with Crippen LogP contribution in [0.4, 0.5) is 4.79 Å². The van der Waals surface area contributed by atoms with Crippen LogP contribution in [0.1, 0.15) is 17.2 Å². The number of urea groups is 1. The van der Waals surface area contributed by atoms with Crippen molar-refractivity contribution in [3.8, 4) is 11.5 Å². The summed E-state index contributed by atoms with van der Waals surface area (Å²) in [4.78, 5) is 10.7. The number of hydrogen-bond donors (Lipinski definition) is 3. The van der Waals surface area contributed by atoms with Crippen LogP contribution < -0.4 is 21.1 Å². The molecule has 0 fully saturated rings. The Kier molecular flexibility index (Phi) is 3.75. The maximum Gasteiger partial charge on any atom is 0.312 e. The standard InChI is InChI=1S/C16H17N3O2/c17-16(20)19-10-9-18-15-11-5-1-3-7-13(11)21-14-8-4-2-6-12(14)15/h1-8,15,18H,9-10H2,(H3,17,19,20). The van der Waals surface area contributed by atoms with Gasteiger partial charge >= 0.3 is 6.03 Å². The molecule has 5 heteroatoms. The van der Waals surface area contributed by atoms with E-state index in [4.69, 9.17) is 10.5 Å². The predicted octanol–water partition coefficient (Wildman–Crippen LogP) is 2.14. The Hall–Kier alpha value is -2.53. The highest BCUT2D eigenvalue weighted by Crippen LogP contribution is 2.42. The van der Waals surface area contributed by atoms with Gasteiger partial charge in [-0.1, -0.05) is 36.4 Å². The Bertz CT molecular complexity index is 612. The first-order valence-electron chi connectivity index (χ1n) is 6.88. The molecule has 2 amide bonds. The van der Waals surface area contributed by atoms with E-state index < -0.39 is 6.03 Å². The van der Waals surface area contributed by atoms with Gasteiger partial charge in [0, 0.05) is 24.2 Å². The number of nitrogens with two attached hydrogens (primary N) is 1. The van der Waals surface area contributed by atoms with Crippen molar-refractivity contribution in [2.24, 2.45) is 5.73 Å². The second-order valence-electron chi connectivity index (χ2n) is 4.86. The lowest BCUT2D eigenvalue weighted by Gasteiger charge is -2.29. The van der Waals surface area contributed by atoms with E-state index in [9.17, 15) is 4.79 Å². The average molecular weight is 283 g/mol. The normalized spacial score (nSPS) is 13.0. The van der Waals surface area contributed by atoms with E-state index in [-0.39, 0.29) is 6.04 Å². The number of carbonyl (C=O) groups is 1. The molecule has 0 spiro atoms. The predicted molar refractivity (Wildman–Crippen MR) is 80.4 cm³/mol. The zero-order valence-electron chi connectivity index (χ0n) is 11.5. The topological polar surface area (TPSA) is 76.4 Å². The molecule has 2 aromatic rings. The van der Waals surface area contributed by atoms with Crippen molar-refractivity contribution >= 4 is 6.03 Å². The third-order valence-electron chi connectivity index (χ3n) is 3.45. The molecule has 108 valence electrons. The Morgan fingerprint density at radius 2 is 1.57 bits per heavy atom. The summed E-state index contributed by atoms with van der Waals surface area (Å²) >= 11 is 0. The van der Waals surface area contributed by atoms with E-state index in [2.05, 4.69) is 10.6 Å². The number of hydrogen-bond acceptors (Lipinski definition) is 3. The molecule has 0 saturated carbocycles. The van der Waals surface area contributed by atoms with E-state index in [1.165, 1.54) is 0 Å². The number of fused-ring (bicyclic) bond motifs is 2. The number of para-hydroxylation sites is 2. The molecule has 0 bridgehead atoms. The third kappa shape index (κ3) is 2.83. The molecular formula is C16H17N3O2. The first-order chi connectivity index (χ1) is 10.3. The minimum Gasteiger partial charge on any atom is -0.457 e. The van der Waals surface area contributed by atoms with Gasteiger partial charge in [-0.2, -0.15) is 0 Å². The summed E-state index contributed by atoms with van der Waals surface area (Å²) in [6, 6.07) is 15.4. The first kappa shape index (κ1) is 13.5. The van der Waals surface area contributed by atoms with Gasteiger partial charge in [0.1, 0.15) is 11.5 Å². The lowest BCUT2D eigenvalue weighted by Crippen LogP contribution is -2.37. The van der Waals surface area contributed by atoms with Crippen molar-refractivity contribution in [1.82, 2.24) is 10.6 Å². The lowest BCUT2D eigenvalue weighted by atomic mass is 9.94. The maximum absolute atomic E-state index is 10.7. The minimum atomic E-state index is -0.510. The van der Waals surface area contributed by atoms with Crippen LogP contribution in [-0.2, 0) is 0 Å². The molecule has 5 nitrogen and oxygen atoms in total. The smallest absolute Gasteiger partial charge is 0.312 e. The van der Waals surface area contributed by atoms with E-state index in [1.807, 2.05) is 48.5 Å². The van der Waals surface area contributed by atoms with Gasteiger partial charge in [0.15, 0.2) is 0 Å². The van der Waals surface area contributed by atoms with Gasteiger partial charge in [-0.15, -0.1) is 0 Å². The molecule has 1 aliphatic heterocycles. The van der Waals surface area contributed by atoms with Crippen molar-refractivity contribution in [3.63, 3.8) is 0 Å². The Morgan fingerprint density at radius 1 is 1.00 bits per heavy atom. The highest BCUT2D eigenvalue weighted by atomic mass is 16.5. The van der Waals surface area contributed by atoms with E-state index in [0.717, 1.165) is 22.6 Å². The largest absolute Gasteiger partial charge is 0.457 e. The summed E-state index contributed by atoms with van der Waals surface area (Å²) < 4.78 is 5.92. The second kappa shape index (κ2) is 5.85. The summed E-state index contributed by atoms with van der Waals surface area (Å²) in [5.41, 5.74) is 7.25. The third-order valence-corrected chi connectivity index (χ3v) is 3.45. The summed E-state index contributed by atoms with van der Waals surface area (Å²) in [5, 5.41) is 6.02. The SMILES string of the molecule is NC(=O)NCCNC1c2ccccc2Oc2ccccc21. The van der Waals surface area contributed by atoms with E-state index in [1.54, 1.807) is 0 Å². The number of benzene rings is 2. The highest BCUT2D eigenvalue weighted by molar-refractivity contribution is 5.71. The molecule has 0 radical (unpaired) electrons. The molecule has 0 unspecified atom stereocenters. The number of rotatable bonds is 4. The number of nitrogens with one attached hydrogen (secondary N) is 2. The second-order valence-corrected chi connectivity index (χ2v) is 4.86. The van der Waals surface area contributed by atoms with Crippen LogP contribution in [0.25, 0.3) is 0 Å². The van der Waals surface area contributed by atoms with Crippen LogP contribution in [0.5, 0.6) is 11.5 Å². The average Bonchev–Trinajstić information content (AvgIpc) is 2.50. The lowest BCUT2D eigenvalue weighted by molar-refractivity contribution is 0.249. The van der Waals surface area contributed by atoms with Crippen LogP contribution >= 0.6 is 0 Å². The van der Waals surface area contributed by atoms with Crippen LogP contribution in [0, 0.1) is 0 Å². The number of ether oxygens (including phenoxy) is 1. The highest BCUT2D eigenvalue weighted by Gasteiger charge is 2.25. The van der Waals surface area contributed by atoms with Crippen molar-refractivity contribution in [3.05, 3.63) is 59.7 Å². The van der Waals surface area contributed by atoms with Crippen molar-refractivity contribution in [1.29, 1.82) is 0 Å². The maximum atomic E-state index is 10.7. The van der Waals surface area contributed by atoms with Gasteiger partial charge in [0.05, 0.1) is 6.04 Å². The molecule has 21 heavy (non-hydrogen) atoms. The van der Waals surface area contributed by atoms with Crippen LogP contribution in [0.2, 0.25) is 0 Å². The molecule has 0 aliphatic carbocycles. The fourth-order valence-corrected chi connectivity index (χ4v) is 2.53. The number of carbonyl (C=O) groups excluding carboxylic acids is 1. The zero-order valence-corrected chi connectivity index (χ0v) is 11.5. The van der Waals surface area contributed by atoms with Gasteiger partial charge in [0.2, 0.25) is 0 Å².